The van der Waals surface area contributed by atoms with Gasteiger partial charge in [-0.1, -0.05) is 0 Å². The van der Waals surface area contributed by atoms with Crippen LogP contribution in [0.4, 0.5) is 17.5 Å². The number of rotatable bonds is 3. The van der Waals surface area contributed by atoms with Gasteiger partial charge >= 0.3 is 0 Å². The fraction of sp³-hybridized carbons (Fsp3) is 0.312. The first-order valence-corrected chi connectivity index (χ1v) is 7.48. The second kappa shape index (κ2) is 6.60. The zero-order valence-electron chi connectivity index (χ0n) is 13.3. The predicted molar refractivity (Wildman–Crippen MR) is 90.6 cm³/mol. The Morgan fingerprint density at radius 3 is 2.67 bits per heavy atom. The number of hydrogen-bond donors (Lipinski definition) is 2. The molecule has 0 saturated carbocycles. The second-order valence-corrected chi connectivity index (χ2v) is 5.29. The van der Waals surface area contributed by atoms with Gasteiger partial charge in [-0.05, 0) is 12.1 Å². The van der Waals surface area contributed by atoms with Gasteiger partial charge in [-0.15, -0.1) is 0 Å². The molecule has 0 bridgehead atoms. The molecule has 8 nitrogen and oxygen atoms in total. The molecule has 124 valence electrons. The Balaban J connectivity index is 2.08. The van der Waals surface area contributed by atoms with Crippen LogP contribution in [0.1, 0.15) is 5.56 Å². The first kappa shape index (κ1) is 15.8. The van der Waals surface area contributed by atoms with E-state index in [1.807, 2.05) is 24.3 Å². The highest BCUT2D eigenvalue weighted by Crippen LogP contribution is 2.35. The summed E-state index contributed by atoms with van der Waals surface area (Å²) in [6, 6.07) is 7.75. The number of nitrogen functional groups attached to an aromatic ring is 2. The minimum absolute atomic E-state index is 0.0146. The number of anilines is 3. The van der Waals surface area contributed by atoms with Gasteiger partial charge in [-0.25, -0.2) is 4.98 Å². The number of ether oxygens (including phenoxy) is 2. The van der Waals surface area contributed by atoms with Crippen LogP contribution in [0.3, 0.4) is 0 Å². The SMILES string of the molecule is COc1cc(N2CCOCC2)ccc1-c1nc(N)nc(N)c1C#N. The summed E-state index contributed by atoms with van der Waals surface area (Å²) in [5.74, 6) is 0.660. The van der Waals surface area contributed by atoms with E-state index in [2.05, 4.69) is 14.9 Å². The molecule has 2 aromatic rings. The fourth-order valence-electron chi connectivity index (χ4n) is 2.69. The van der Waals surface area contributed by atoms with E-state index in [0.29, 0.717) is 30.2 Å². The number of aromatic nitrogens is 2. The molecular weight excluding hydrogens is 308 g/mol. The van der Waals surface area contributed by atoms with Crippen LogP contribution in [0.2, 0.25) is 0 Å². The molecule has 3 rings (SSSR count). The summed E-state index contributed by atoms with van der Waals surface area (Å²) >= 11 is 0. The van der Waals surface area contributed by atoms with Gasteiger partial charge in [0.15, 0.2) is 0 Å². The highest BCUT2D eigenvalue weighted by atomic mass is 16.5. The van der Waals surface area contributed by atoms with Crippen molar-refractivity contribution in [1.82, 2.24) is 9.97 Å². The Bertz CT molecular complexity index is 796. The molecule has 4 N–H and O–H groups in total. The molecule has 1 aliphatic rings. The van der Waals surface area contributed by atoms with Gasteiger partial charge in [0.2, 0.25) is 5.95 Å². The van der Waals surface area contributed by atoms with Crippen molar-refractivity contribution >= 4 is 17.5 Å². The van der Waals surface area contributed by atoms with Crippen LogP contribution < -0.4 is 21.1 Å². The highest BCUT2D eigenvalue weighted by Gasteiger charge is 2.19. The lowest BCUT2D eigenvalue weighted by Gasteiger charge is -2.29. The van der Waals surface area contributed by atoms with Crippen molar-refractivity contribution in [3.63, 3.8) is 0 Å². The lowest BCUT2D eigenvalue weighted by atomic mass is 10.0. The minimum Gasteiger partial charge on any atom is -0.496 e. The van der Waals surface area contributed by atoms with Gasteiger partial charge in [0.1, 0.15) is 23.2 Å². The Hall–Kier alpha value is -3.05. The van der Waals surface area contributed by atoms with Crippen molar-refractivity contribution in [3.8, 4) is 23.1 Å². The van der Waals surface area contributed by atoms with E-state index >= 15 is 0 Å². The topological polar surface area (TPSA) is 123 Å². The minimum atomic E-state index is 0.0146. The van der Waals surface area contributed by atoms with Crippen LogP contribution >= 0.6 is 0 Å². The molecule has 2 heterocycles. The Labute approximate surface area is 139 Å². The van der Waals surface area contributed by atoms with Crippen molar-refractivity contribution in [2.45, 2.75) is 0 Å². The van der Waals surface area contributed by atoms with E-state index in [9.17, 15) is 5.26 Å². The van der Waals surface area contributed by atoms with Crippen molar-refractivity contribution < 1.29 is 9.47 Å². The summed E-state index contributed by atoms with van der Waals surface area (Å²) in [5, 5.41) is 9.36. The van der Waals surface area contributed by atoms with Gasteiger partial charge in [0.05, 0.1) is 26.0 Å². The largest absolute Gasteiger partial charge is 0.496 e. The molecule has 0 aliphatic carbocycles. The summed E-state index contributed by atoms with van der Waals surface area (Å²) in [6.45, 7) is 3.03. The van der Waals surface area contributed by atoms with E-state index in [1.165, 1.54) is 0 Å². The summed E-state index contributed by atoms with van der Waals surface area (Å²) in [7, 11) is 1.57. The third kappa shape index (κ3) is 2.89. The second-order valence-electron chi connectivity index (χ2n) is 5.29. The predicted octanol–water partition coefficient (Wildman–Crippen LogP) is 1.02. The number of methoxy groups -OCH3 is 1. The fourth-order valence-corrected chi connectivity index (χ4v) is 2.69. The van der Waals surface area contributed by atoms with Crippen LogP contribution in [0.25, 0.3) is 11.3 Å². The van der Waals surface area contributed by atoms with Crippen LogP contribution in [0, 0.1) is 11.3 Å². The van der Waals surface area contributed by atoms with Gasteiger partial charge in [0, 0.05) is 30.4 Å². The van der Waals surface area contributed by atoms with E-state index < -0.39 is 0 Å². The maximum Gasteiger partial charge on any atom is 0.222 e. The molecule has 24 heavy (non-hydrogen) atoms. The van der Waals surface area contributed by atoms with Crippen molar-refractivity contribution in [1.29, 1.82) is 5.26 Å². The van der Waals surface area contributed by atoms with Crippen molar-refractivity contribution in [3.05, 3.63) is 23.8 Å². The van der Waals surface area contributed by atoms with E-state index in [-0.39, 0.29) is 17.3 Å². The van der Waals surface area contributed by atoms with Gasteiger partial charge in [-0.3, -0.25) is 0 Å². The number of nitrogens with zero attached hydrogens (tertiary/aromatic N) is 4. The van der Waals surface area contributed by atoms with Crippen LogP contribution in [-0.4, -0.2) is 43.4 Å². The molecule has 1 aromatic heterocycles. The smallest absolute Gasteiger partial charge is 0.222 e. The molecule has 0 spiro atoms. The van der Waals surface area contributed by atoms with Gasteiger partial charge < -0.3 is 25.8 Å². The lowest BCUT2D eigenvalue weighted by molar-refractivity contribution is 0.122. The van der Waals surface area contributed by atoms with Gasteiger partial charge in [0.25, 0.3) is 0 Å². The third-order valence-electron chi connectivity index (χ3n) is 3.88. The van der Waals surface area contributed by atoms with E-state index in [1.54, 1.807) is 7.11 Å². The standard InChI is InChI=1S/C16H18N6O2/c1-23-13-8-10(22-4-6-24-7-5-22)2-3-11(13)14-12(9-17)15(18)21-16(19)20-14/h2-3,8H,4-7H2,1H3,(H4,18,19,20,21). The molecule has 0 amide bonds. The maximum atomic E-state index is 9.36. The highest BCUT2D eigenvalue weighted by molar-refractivity contribution is 5.79. The maximum absolute atomic E-state index is 9.36. The average Bonchev–Trinajstić information content (AvgIpc) is 2.61. The Morgan fingerprint density at radius 2 is 2.00 bits per heavy atom. The number of nitrogens with two attached hydrogens (primary N) is 2. The summed E-state index contributed by atoms with van der Waals surface area (Å²) in [4.78, 5) is 10.2. The molecule has 0 atom stereocenters. The molecular formula is C16H18N6O2. The first-order valence-electron chi connectivity index (χ1n) is 7.48. The molecule has 0 radical (unpaired) electrons. The monoisotopic (exact) mass is 326 g/mol. The lowest BCUT2D eigenvalue weighted by Crippen LogP contribution is -2.36. The Kier molecular flexibility index (Phi) is 4.35. The zero-order chi connectivity index (χ0) is 17.1. The molecule has 0 unspecified atom stereocenters. The van der Waals surface area contributed by atoms with Crippen molar-refractivity contribution in [2.75, 3.05) is 49.8 Å². The third-order valence-corrected chi connectivity index (χ3v) is 3.88. The van der Waals surface area contributed by atoms with E-state index in [0.717, 1.165) is 18.8 Å². The molecule has 8 heteroatoms. The normalized spacial score (nSPS) is 14.2. The van der Waals surface area contributed by atoms with Crippen molar-refractivity contribution in [2.24, 2.45) is 0 Å². The molecule has 1 aromatic carbocycles. The molecule has 1 fully saturated rings. The quantitative estimate of drug-likeness (QED) is 0.857. The first-order chi connectivity index (χ1) is 11.6. The van der Waals surface area contributed by atoms with Crippen LogP contribution in [-0.2, 0) is 4.74 Å². The Morgan fingerprint density at radius 1 is 1.25 bits per heavy atom. The number of hydrogen-bond acceptors (Lipinski definition) is 8. The molecule has 1 aliphatic heterocycles. The number of morpholine rings is 1. The van der Waals surface area contributed by atoms with Gasteiger partial charge in [-0.2, -0.15) is 10.2 Å². The summed E-state index contributed by atoms with van der Waals surface area (Å²) in [6.07, 6.45) is 0. The summed E-state index contributed by atoms with van der Waals surface area (Å²) < 4.78 is 10.9. The van der Waals surface area contributed by atoms with Crippen LogP contribution in [0.5, 0.6) is 5.75 Å². The summed E-state index contributed by atoms with van der Waals surface area (Å²) in [5.41, 5.74) is 13.7. The molecule has 1 saturated heterocycles. The van der Waals surface area contributed by atoms with Crippen LogP contribution in [0.15, 0.2) is 18.2 Å². The number of nitriles is 1. The zero-order valence-corrected chi connectivity index (χ0v) is 13.3. The average molecular weight is 326 g/mol. The van der Waals surface area contributed by atoms with E-state index in [4.69, 9.17) is 20.9 Å². The number of benzene rings is 1.